The first-order chi connectivity index (χ1) is 23.5. The Morgan fingerprint density at radius 3 is 1.27 bits per heavy atom. The molecule has 2 aliphatic rings. The number of benzene rings is 7. The Morgan fingerprint density at radius 1 is 0.417 bits per heavy atom. The first-order valence-corrected chi connectivity index (χ1v) is 17.9. The van der Waals surface area contributed by atoms with E-state index in [4.69, 9.17) is 9.47 Å². The van der Waals surface area contributed by atoms with Crippen LogP contribution < -0.4 is 25.4 Å². The lowest BCUT2D eigenvalue weighted by Crippen LogP contribution is -2.35. The van der Waals surface area contributed by atoms with Crippen molar-refractivity contribution in [3.05, 3.63) is 163 Å². The largest absolute Gasteiger partial charge is 0.455 e. The van der Waals surface area contributed by atoms with E-state index in [1.807, 2.05) is 72.8 Å². The average Bonchev–Trinajstić information content (AvgIpc) is 3.12. The Kier molecular flexibility index (Phi) is 6.54. The Morgan fingerprint density at radius 2 is 0.833 bits per heavy atom. The van der Waals surface area contributed by atoms with Crippen LogP contribution in [-0.2, 0) is 4.57 Å². The van der Waals surface area contributed by atoms with Crippen LogP contribution in [-0.4, -0.2) is 0 Å². The molecule has 0 saturated carbocycles. The lowest BCUT2D eigenvalue weighted by atomic mass is 9.96. The van der Waals surface area contributed by atoms with Crippen molar-refractivity contribution < 1.29 is 14.0 Å². The van der Waals surface area contributed by atoms with E-state index in [0.717, 1.165) is 44.5 Å². The molecule has 3 nitrogen and oxygen atoms in total. The standard InChI is InChI=1S/C44H31O3P/c1-28-13-9-11-19-34(28)32-21-23-40-38(25-32)46-42-36(30-15-5-3-6-16-30)27-37(31-17-7-4-8-18-31)43-44(42)48(40,45)41-24-22-33(26-39(41)47-43)35-20-12-10-14-29(35)2/h3-27H,1-2H3. The predicted molar refractivity (Wildman–Crippen MR) is 197 cm³/mol. The van der Waals surface area contributed by atoms with E-state index in [2.05, 4.69) is 92.7 Å². The third-order valence-electron chi connectivity index (χ3n) is 9.63. The highest BCUT2D eigenvalue weighted by atomic mass is 31.2. The zero-order valence-electron chi connectivity index (χ0n) is 26.6. The van der Waals surface area contributed by atoms with Crippen molar-refractivity contribution in [3.8, 4) is 67.5 Å². The van der Waals surface area contributed by atoms with E-state index in [0.29, 0.717) is 38.9 Å². The van der Waals surface area contributed by atoms with Gasteiger partial charge in [-0.15, -0.1) is 0 Å². The SMILES string of the molecule is Cc1ccccc1-c1ccc2c(c1)Oc1c(-c3ccccc3)cc(-c3ccccc3)c3c1P2(=O)c1ccc(-c2ccccc2C)cc1O3. The van der Waals surface area contributed by atoms with Gasteiger partial charge >= 0.3 is 0 Å². The summed E-state index contributed by atoms with van der Waals surface area (Å²) in [4.78, 5) is 0. The molecular weight excluding hydrogens is 607 g/mol. The van der Waals surface area contributed by atoms with Crippen LogP contribution in [0.1, 0.15) is 11.1 Å². The lowest BCUT2D eigenvalue weighted by Gasteiger charge is -2.37. The maximum atomic E-state index is 16.4. The monoisotopic (exact) mass is 638 g/mol. The van der Waals surface area contributed by atoms with E-state index < -0.39 is 7.14 Å². The molecule has 48 heavy (non-hydrogen) atoms. The van der Waals surface area contributed by atoms with Gasteiger partial charge in [0.15, 0.2) is 7.14 Å². The van der Waals surface area contributed by atoms with Crippen LogP contribution in [0.25, 0.3) is 44.5 Å². The molecule has 0 unspecified atom stereocenters. The predicted octanol–water partition coefficient (Wildman–Crippen LogP) is 10.8. The molecule has 0 bridgehead atoms. The van der Waals surface area contributed by atoms with Crippen LogP contribution in [0.3, 0.4) is 0 Å². The van der Waals surface area contributed by atoms with Gasteiger partial charge in [-0.3, -0.25) is 0 Å². The summed E-state index contributed by atoms with van der Waals surface area (Å²) in [5.74, 6) is 2.39. The van der Waals surface area contributed by atoms with Gasteiger partial charge in [-0.05, 0) is 88.7 Å². The molecule has 0 saturated heterocycles. The van der Waals surface area contributed by atoms with Crippen LogP contribution in [0, 0.1) is 13.8 Å². The summed E-state index contributed by atoms with van der Waals surface area (Å²) in [6.07, 6.45) is 0. The summed E-state index contributed by atoms with van der Waals surface area (Å²) in [5, 5.41) is 1.99. The molecule has 9 rings (SSSR count). The van der Waals surface area contributed by atoms with Gasteiger partial charge in [0.25, 0.3) is 0 Å². The van der Waals surface area contributed by atoms with Crippen LogP contribution >= 0.6 is 7.14 Å². The number of ether oxygens (including phenoxy) is 2. The molecule has 2 heterocycles. The van der Waals surface area contributed by atoms with Crippen LogP contribution in [0.2, 0.25) is 0 Å². The van der Waals surface area contributed by atoms with Crippen molar-refractivity contribution in [3.63, 3.8) is 0 Å². The van der Waals surface area contributed by atoms with E-state index in [9.17, 15) is 0 Å². The second-order valence-electron chi connectivity index (χ2n) is 12.5. The quantitative estimate of drug-likeness (QED) is 0.180. The van der Waals surface area contributed by atoms with E-state index in [1.165, 1.54) is 11.1 Å². The molecule has 0 aromatic heterocycles. The number of hydrogen-bond acceptors (Lipinski definition) is 3. The first-order valence-electron chi connectivity index (χ1n) is 16.2. The fourth-order valence-electron chi connectivity index (χ4n) is 7.22. The van der Waals surface area contributed by atoms with Gasteiger partial charge in [-0.2, -0.15) is 0 Å². The number of aryl methyl sites for hydroxylation is 2. The smallest absolute Gasteiger partial charge is 0.185 e. The third kappa shape index (κ3) is 4.32. The Bertz CT molecular complexity index is 2280. The summed E-state index contributed by atoms with van der Waals surface area (Å²) in [6.45, 7) is 4.22. The summed E-state index contributed by atoms with van der Waals surface area (Å²) in [6, 6.07) is 51.5. The van der Waals surface area contributed by atoms with E-state index >= 15 is 4.57 Å². The number of fused-ring (bicyclic) bond motifs is 4. The highest BCUT2D eigenvalue weighted by molar-refractivity contribution is 7.86. The van der Waals surface area contributed by atoms with Gasteiger partial charge in [0.1, 0.15) is 28.3 Å². The average molecular weight is 639 g/mol. The zero-order chi connectivity index (χ0) is 32.4. The fourth-order valence-corrected chi connectivity index (χ4v) is 10.3. The summed E-state index contributed by atoms with van der Waals surface area (Å²) in [7, 11) is -3.51. The molecule has 0 aliphatic carbocycles. The second kappa shape index (κ2) is 11.0. The Labute approximate surface area is 280 Å². The molecule has 0 radical (unpaired) electrons. The Hall–Kier alpha value is -5.63. The summed E-state index contributed by atoms with van der Waals surface area (Å²) in [5.41, 5.74) is 10.3. The van der Waals surface area contributed by atoms with Crippen molar-refractivity contribution in [1.29, 1.82) is 0 Å². The maximum Gasteiger partial charge on any atom is 0.185 e. The minimum Gasteiger partial charge on any atom is -0.455 e. The molecular formula is C44H31O3P. The minimum atomic E-state index is -3.51. The molecule has 230 valence electrons. The van der Waals surface area contributed by atoms with Crippen molar-refractivity contribution in [2.75, 3.05) is 0 Å². The normalized spacial score (nSPS) is 13.4. The molecule has 0 fully saturated rings. The number of hydrogen-bond donors (Lipinski definition) is 0. The van der Waals surface area contributed by atoms with Gasteiger partial charge in [0, 0.05) is 11.1 Å². The fraction of sp³-hybridized carbons (Fsp3) is 0.0455. The second-order valence-corrected chi connectivity index (χ2v) is 15.1. The molecule has 0 spiro atoms. The van der Waals surface area contributed by atoms with E-state index in [-0.39, 0.29) is 0 Å². The third-order valence-corrected chi connectivity index (χ3v) is 12.8. The van der Waals surface area contributed by atoms with Gasteiger partial charge in [-0.25, -0.2) is 0 Å². The molecule has 2 aliphatic heterocycles. The van der Waals surface area contributed by atoms with Crippen LogP contribution in [0.15, 0.2) is 152 Å². The molecule has 0 amide bonds. The van der Waals surface area contributed by atoms with Gasteiger partial charge in [0.2, 0.25) is 0 Å². The van der Waals surface area contributed by atoms with Crippen LogP contribution in [0.5, 0.6) is 23.0 Å². The molecule has 7 aromatic carbocycles. The van der Waals surface area contributed by atoms with Crippen molar-refractivity contribution in [1.82, 2.24) is 0 Å². The minimum absolute atomic E-state index is 0.585. The molecule has 4 heteroatoms. The topological polar surface area (TPSA) is 35.5 Å². The molecule has 0 atom stereocenters. The maximum absolute atomic E-state index is 16.4. The van der Waals surface area contributed by atoms with Crippen molar-refractivity contribution >= 4 is 23.1 Å². The highest BCUT2D eigenvalue weighted by Gasteiger charge is 2.48. The first kappa shape index (κ1) is 28.6. The van der Waals surface area contributed by atoms with Gasteiger partial charge < -0.3 is 14.0 Å². The van der Waals surface area contributed by atoms with Gasteiger partial charge in [-0.1, -0.05) is 121 Å². The van der Waals surface area contributed by atoms with Crippen molar-refractivity contribution in [2.45, 2.75) is 13.8 Å². The zero-order valence-corrected chi connectivity index (χ0v) is 27.5. The molecule has 7 aromatic rings. The van der Waals surface area contributed by atoms with E-state index in [1.54, 1.807) is 0 Å². The highest BCUT2D eigenvalue weighted by Crippen LogP contribution is 2.62. The summed E-state index contributed by atoms with van der Waals surface area (Å²) >= 11 is 0. The van der Waals surface area contributed by atoms with Gasteiger partial charge in [0.05, 0.1) is 10.6 Å². The summed E-state index contributed by atoms with van der Waals surface area (Å²) < 4.78 is 30.3. The lowest BCUT2D eigenvalue weighted by molar-refractivity contribution is 0.464. The van der Waals surface area contributed by atoms with Crippen molar-refractivity contribution in [2.24, 2.45) is 0 Å². The number of rotatable bonds is 4. The Balaban J connectivity index is 1.37. The van der Waals surface area contributed by atoms with Crippen LogP contribution in [0.4, 0.5) is 0 Å². The molecule has 0 N–H and O–H groups in total.